The Morgan fingerprint density at radius 1 is 0.933 bits per heavy atom. The number of nitrogens with zero attached hydrogens (tertiary/aromatic N) is 3. The van der Waals surface area contributed by atoms with Gasteiger partial charge in [0.25, 0.3) is 0 Å². The van der Waals surface area contributed by atoms with E-state index in [4.69, 9.17) is 9.47 Å². The van der Waals surface area contributed by atoms with Crippen molar-refractivity contribution in [1.29, 1.82) is 0 Å². The number of benzene rings is 2. The number of imidazole rings is 1. The van der Waals surface area contributed by atoms with Crippen molar-refractivity contribution in [2.75, 3.05) is 14.2 Å². The van der Waals surface area contributed by atoms with Gasteiger partial charge in [-0.3, -0.25) is 0 Å². The van der Waals surface area contributed by atoms with Crippen molar-refractivity contribution in [3.8, 4) is 34.0 Å². The number of pyridine rings is 1. The van der Waals surface area contributed by atoms with Crippen molar-refractivity contribution in [1.82, 2.24) is 14.5 Å². The van der Waals surface area contributed by atoms with Gasteiger partial charge in [-0.15, -0.1) is 0 Å². The van der Waals surface area contributed by atoms with Crippen LogP contribution in [0.1, 0.15) is 5.56 Å². The molecule has 0 unspecified atom stereocenters. The molecule has 2 aromatic heterocycles. The minimum Gasteiger partial charge on any atom is -0.497 e. The largest absolute Gasteiger partial charge is 0.497 e. The molecular formula is C23H19BrFN3O2. The zero-order chi connectivity index (χ0) is 21.1. The fourth-order valence-corrected chi connectivity index (χ4v) is 3.70. The molecule has 0 radical (unpaired) electrons. The lowest BCUT2D eigenvalue weighted by Crippen LogP contribution is -2.03. The van der Waals surface area contributed by atoms with Crippen molar-refractivity contribution in [3.63, 3.8) is 0 Å². The molecule has 2 aromatic carbocycles. The van der Waals surface area contributed by atoms with Gasteiger partial charge in [-0.2, -0.15) is 0 Å². The molecule has 5 nitrogen and oxygen atoms in total. The lowest BCUT2D eigenvalue weighted by atomic mass is 10.1. The lowest BCUT2D eigenvalue weighted by Gasteiger charge is -2.14. The van der Waals surface area contributed by atoms with E-state index in [1.54, 1.807) is 38.9 Å². The highest BCUT2D eigenvalue weighted by Gasteiger charge is 2.17. The van der Waals surface area contributed by atoms with Crippen LogP contribution in [0.2, 0.25) is 0 Å². The molecule has 0 saturated carbocycles. The summed E-state index contributed by atoms with van der Waals surface area (Å²) in [6.07, 6.45) is 3.52. The van der Waals surface area contributed by atoms with Crippen LogP contribution < -0.4 is 9.47 Å². The minimum atomic E-state index is -0.283. The van der Waals surface area contributed by atoms with Crippen molar-refractivity contribution < 1.29 is 13.9 Å². The Hall–Kier alpha value is -3.19. The number of aromatic nitrogens is 3. The van der Waals surface area contributed by atoms with Crippen LogP contribution in [0.4, 0.5) is 4.39 Å². The fourth-order valence-electron chi connectivity index (χ4n) is 3.34. The summed E-state index contributed by atoms with van der Waals surface area (Å²) in [7, 11) is 3.26. The topological polar surface area (TPSA) is 49.2 Å². The molecule has 0 aliphatic heterocycles. The fraction of sp³-hybridized carbons (Fsp3) is 0.130. The van der Waals surface area contributed by atoms with E-state index in [0.29, 0.717) is 6.54 Å². The molecule has 0 aliphatic carbocycles. The first-order chi connectivity index (χ1) is 14.6. The third kappa shape index (κ3) is 4.07. The predicted molar refractivity (Wildman–Crippen MR) is 117 cm³/mol. The quantitative estimate of drug-likeness (QED) is 0.347. The van der Waals surface area contributed by atoms with Crippen molar-refractivity contribution in [2.24, 2.45) is 0 Å². The normalized spacial score (nSPS) is 10.8. The van der Waals surface area contributed by atoms with Crippen LogP contribution in [0.5, 0.6) is 11.5 Å². The third-order valence-corrected chi connectivity index (χ3v) is 5.22. The molecule has 4 aromatic rings. The number of hydrogen-bond acceptors (Lipinski definition) is 4. The van der Waals surface area contributed by atoms with Gasteiger partial charge >= 0.3 is 0 Å². The average Bonchev–Trinajstić information content (AvgIpc) is 3.18. The van der Waals surface area contributed by atoms with Gasteiger partial charge in [0.15, 0.2) is 0 Å². The smallest absolute Gasteiger partial charge is 0.127 e. The van der Waals surface area contributed by atoms with E-state index >= 15 is 0 Å². The Morgan fingerprint density at radius 3 is 2.43 bits per heavy atom. The Labute approximate surface area is 182 Å². The van der Waals surface area contributed by atoms with E-state index in [2.05, 4.69) is 25.9 Å². The zero-order valence-electron chi connectivity index (χ0n) is 16.5. The molecule has 0 aliphatic rings. The maximum atomic E-state index is 13.5. The highest BCUT2D eigenvalue weighted by atomic mass is 79.9. The van der Waals surface area contributed by atoms with Crippen molar-refractivity contribution in [3.05, 3.63) is 83.1 Å². The van der Waals surface area contributed by atoms with Crippen LogP contribution in [0.15, 0.2) is 71.7 Å². The van der Waals surface area contributed by atoms with E-state index in [0.717, 1.165) is 44.2 Å². The maximum absolute atomic E-state index is 13.5. The molecule has 0 amide bonds. The van der Waals surface area contributed by atoms with Gasteiger partial charge in [0.05, 0.1) is 38.5 Å². The number of rotatable bonds is 6. The van der Waals surface area contributed by atoms with Crippen LogP contribution in [0.3, 0.4) is 0 Å². The highest BCUT2D eigenvalue weighted by molar-refractivity contribution is 9.10. The molecule has 0 N–H and O–H groups in total. The third-order valence-electron chi connectivity index (χ3n) is 4.79. The van der Waals surface area contributed by atoms with Crippen LogP contribution >= 0.6 is 15.9 Å². The van der Waals surface area contributed by atoms with Crippen LogP contribution in [-0.4, -0.2) is 28.8 Å². The zero-order valence-corrected chi connectivity index (χ0v) is 18.1. The lowest BCUT2D eigenvalue weighted by molar-refractivity contribution is 0.390. The van der Waals surface area contributed by atoms with E-state index < -0.39 is 0 Å². The summed E-state index contributed by atoms with van der Waals surface area (Å²) in [5, 5.41) is 0. The van der Waals surface area contributed by atoms with E-state index in [-0.39, 0.29) is 5.82 Å². The second-order valence-electron chi connectivity index (χ2n) is 6.62. The molecule has 0 spiro atoms. The van der Waals surface area contributed by atoms with E-state index in [1.165, 1.54) is 12.1 Å². The number of methoxy groups -OCH3 is 2. The Morgan fingerprint density at radius 2 is 1.73 bits per heavy atom. The van der Waals surface area contributed by atoms with Gasteiger partial charge in [-0.1, -0.05) is 0 Å². The number of halogens is 2. The molecule has 0 bridgehead atoms. The number of ether oxygens (including phenoxy) is 2. The standard InChI is InChI=1S/C23H19BrFN3O2/c1-29-19-8-5-17(20(12-19)30-2)13-28-14-27-22(15-3-6-18(25)7-4-15)23(28)16-9-10-26-21(24)11-16/h3-12,14H,13H2,1-2H3. The van der Waals surface area contributed by atoms with Gasteiger partial charge < -0.3 is 14.0 Å². The van der Waals surface area contributed by atoms with Crippen LogP contribution in [0, 0.1) is 5.82 Å². The van der Waals surface area contributed by atoms with E-state index in [1.807, 2.05) is 34.9 Å². The first kappa shape index (κ1) is 20.1. The predicted octanol–water partition coefficient (Wildman–Crippen LogP) is 5.58. The van der Waals surface area contributed by atoms with E-state index in [9.17, 15) is 4.39 Å². The highest BCUT2D eigenvalue weighted by Crippen LogP contribution is 2.34. The second-order valence-corrected chi connectivity index (χ2v) is 7.43. The summed E-state index contributed by atoms with van der Waals surface area (Å²) in [6.45, 7) is 0.538. The monoisotopic (exact) mass is 467 g/mol. The molecule has 30 heavy (non-hydrogen) atoms. The molecule has 4 rings (SSSR count). The molecule has 2 heterocycles. The summed E-state index contributed by atoms with van der Waals surface area (Å²) < 4.78 is 27.1. The maximum Gasteiger partial charge on any atom is 0.127 e. The summed E-state index contributed by atoms with van der Waals surface area (Å²) in [5.74, 6) is 1.18. The van der Waals surface area contributed by atoms with Gasteiger partial charge in [-0.05, 0) is 64.5 Å². The van der Waals surface area contributed by atoms with Crippen LogP contribution in [-0.2, 0) is 6.54 Å². The van der Waals surface area contributed by atoms with Crippen molar-refractivity contribution in [2.45, 2.75) is 6.54 Å². The average molecular weight is 468 g/mol. The molecule has 0 saturated heterocycles. The van der Waals surface area contributed by atoms with Gasteiger partial charge in [0, 0.05) is 29.0 Å². The Bertz CT molecular complexity index is 1180. The van der Waals surface area contributed by atoms with Crippen LogP contribution in [0.25, 0.3) is 22.5 Å². The molecule has 7 heteroatoms. The van der Waals surface area contributed by atoms with Crippen molar-refractivity contribution >= 4 is 15.9 Å². The summed E-state index contributed by atoms with van der Waals surface area (Å²) in [6, 6.07) is 15.9. The summed E-state index contributed by atoms with van der Waals surface area (Å²) >= 11 is 3.44. The van der Waals surface area contributed by atoms with Gasteiger partial charge in [-0.25, -0.2) is 14.4 Å². The molecule has 0 atom stereocenters. The molecular weight excluding hydrogens is 449 g/mol. The Balaban J connectivity index is 1.83. The van der Waals surface area contributed by atoms with Gasteiger partial charge in [0.2, 0.25) is 0 Å². The Kier molecular flexibility index (Phi) is 5.81. The number of hydrogen-bond donors (Lipinski definition) is 0. The minimum absolute atomic E-state index is 0.283. The second kappa shape index (κ2) is 8.67. The first-order valence-electron chi connectivity index (χ1n) is 9.23. The van der Waals surface area contributed by atoms with Gasteiger partial charge in [0.1, 0.15) is 21.9 Å². The molecule has 0 fully saturated rings. The molecule has 152 valence electrons. The summed E-state index contributed by atoms with van der Waals surface area (Å²) in [4.78, 5) is 8.87. The first-order valence-corrected chi connectivity index (χ1v) is 10.0. The summed E-state index contributed by atoms with van der Waals surface area (Å²) in [5.41, 5.74) is 4.43. The SMILES string of the molecule is COc1ccc(Cn2cnc(-c3ccc(F)cc3)c2-c2ccnc(Br)c2)c(OC)c1.